The number of carbonyl (C=O) groups is 4. The maximum Gasteiger partial charge on any atom is 0.251 e. The molecule has 0 unspecified atom stereocenters. The van der Waals surface area contributed by atoms with Crippen molar-refractivity contribution < 1.29 is 44.7 Å². The van der Waals surface area contributed by atoms with Crippen LogP contribution in [0.1, 0.15) is 92.0 Å². The lowest BCUT2D eigenvalue weighted by atomic mass is 9.77. The summed E-state index contributed by atoms with van der Waals surface area (Å²) in [7, 11) is 0. The molecule has 9 atom stereocenters. The Hall–Kier alpha value is -3.70. The third kappa shape index (κ3) is 7.00. The monoisotopic (exact) mass is 637 g/mol. The first-order valence-electron chi connectivity index (χ1n) is 15.6. The van der Waals surface area contributed by atoms with Crippen molar-refractivity contribution in [2.75, 3.05) is 0 Å². The smallest absolute Gasteiger partial charge is 0.251 e. The highest BCUT2D eigenvalue weighted by Crippen LogP contribution is 2.37. The van der Waals surface area contributed by atoms with Crippen LogP contribution in [0.2, 0.25) is 0 Å². The van der Waals surface area contributed by atoms with Crippen molar-refractivity contribution in [3.8, 4) is 5.75 Å². The van der Waals surface area contributed by atoms with Crippen LogP contribution in [0.15, 0.2) is 52.8 Å². The lowest BCUT2D eigenvalue weighted by Crippen LogP contribution is -2.45. The summed E-state index contributed by atoms with van der Waals surface area (Å²) < 4.78 is 0. The minimum absolute atomic E-state index is 0.0859. The zero-order valence-corrected chi connectivity index (χ0v) is 28.0. The van der Waals surface area contributed by atoms with Crippen LogP contribution in [0.25, 0.3) is 0 Å². The standard InChI is InChI=1S/C36H47NO9/c1-15-11-10-12-16(2)36(46)37-27-20(6)34(44)25-24(35(27)45)14-19(5)31(41)26(25)30(40)18(4)13-17(3)29(39)22(8)33(43)23(9)32(42)21(7)28(15)38/h10-15,17,21-23,28-29,32-33,38-39,41-43H,1-9H3,(H,37,46)/b11-10-,16-12+,18-13+/t15-,17-,21-,22-,23-,28+,29-,32-,33-/m1/s1. The number of hydrogen-bond donors (Lipinski definition) is 6. The predicted octanol–water partition coefficient (Wildman–Crippen LogP) is 3.74. The van der Waals surface area contributed by atoms with E-state index in [1.807, 2.05) is 0 Å². The van der Waals surface area contributed by atoms with Crippen LogP contribution in [-0.2, 0) is 4.79 Å². The van der Waals surface area contributed by atoms with Crippen molar-refractivity contribution in [2.45, 2.75) is 86.7 Å². The van der Waals surface area contributed by atoms with Gasteiger partial charge in [0.2, 0.25) is 5.78 Å². The van der Waals surface area contributed by atoms with E-state index in [2.05, 4.69) is 5.32 Å². The molecule has 4 bridgehead atoms. The minimum Gasteiger partial charge on any atom is -0.507 e. The van der Waals surface area contributed by atoms with Gasteiger partial charge in [-0.3, -0.25) is 19.2 Å². The lowest BCUT2D eigenvalue weighted by Gasteiger charge is -2.36. The zero-order chi connectivity index (χ0) is 34.9. The van der Waals surface area contributed by atoms with Gasteiger partial charge in [-0.25, -0.2) is 0 Å². The number of aromatic hydroxyl groups is 1. The van der Waals surface area contributed by atoms with Gasteiger partial charge in [0.15, 0.2) is 11.6 Å². The van der Waals surface area contributed by atoms with Gasteiger partial charge in [-0.1, -0.05) is 58.9 Å². The molecule has 0 aromatic heterocycles. The normalized spacial score (nSPS) is 35.3. The molecule has 3 aliphatic rings. The van der Waals surface area contributed by atoms with Crippen molar-refractivity contribution in [3.05, 3.63) is 75.0 Å². The van der Waals surface area contributed by atoms with Crippen LogP contribution in [0.3, 0.4) is 0 Å². The minimum atomic E-state index is -1.18. The van der Waals surface area contributed by atoms with Gasteiger partial charge in [0.1, 0.15) is 5.75 Å². The second-order valence-corrected chi connectivity index (χ2v) is 13.1. The number of allylic oxidation sites excluding steroid dienone is 5. The maximum absolute atomic E-state index is 13.8. The molecule has 1 amide bonds. The van der Waals surface area contributed by atoms with Crippen LogP contribution in [0.4, 0.5) is 0 Å². The summed E-state index contributed by atoms with van der Waals surface area (Å²) in [6.45, 7) is 14.1. The van der Waals surface area contributed by atoms with E-state index in [0.717, 1.165) is 0 Å². The van der Waals surface area contributed by atoms with E-state index < -0.39 is 83.0 Å². The largest absolute Gasteiger partial charge is 0.507 e. The number of carbonyl (C=O) groups excluding carboxylic acids is 4. The second kappa shape index (κ2) is 14.4. The van der Waals surface area contributed by atoms with E-state index in [-0.39, 0.29) is 44.7 Å². The molecule has 1 aromatic carbocycles. The first-order valence-corrected chi connectivity index (χ1v) is 15.6. The van der Waals surface area contributed by atoms with E-state index in [4.69, 9.17) is 0 Å². The highest BCUT2D eigenvalue weighted by Gasteiger charge is 2.39. The van der Waals surface area contributed by atoms with Crippen molar-refractivity contribution in [3.63, 3.8) is 0 Å². The molecule has 2 aliphatic heterocycles. The highest BCUT2D eigenvalue weighted by molar-refractivity contribution is 6.31. The molecule has 0 spiro atoms. The van der Waals surface area contributed by atoms with E-state index >= 15 is 0 Å². The average molecular weight is 638 g/mol. The number of rotatable bonds is 0. The first kappa shape index (κ1) is 36.8. The summed E-state index contributed by atoms with van der Waals surface area (Å²) in [4.78, 5) is 54.3. The van der Waals surface area contributed by atoms with Crippen molar-refractivity contribution in [1.82, 2.24) is 5.32 Å². The van der Waals surface area contributed by atoms with Crippen LogP contribution in [0, 0.1) is 36.5 Å². The van der Waals surface area contributed by atoms with E-state index in [1.165, 1.54) is 45.9 Å². The van der Waals surface area contributed by atoms with Gasteiger partial charge in [0, 0.05) is 51.9 Å². The number of phenolic OH excluding ortho intramolecular Hbond substituents is 1. The van der Waals surface area contributed by atoms with Crippen LogP contribution >= 0.6 is 0 Å². The molecule has 46 heavy (non-hydrogen) atoms. The fourth-order valence-corrected chi connectivity index (χ4v) is 6.26. The van der Waals surface area contributed by atoms with Gasteiger partial charge in [-0.2, -0.15) is 0 Å². The Morgan fingerprint density at radius 2 is 1.17 bits per heavy atom. The molecule has 6 N–H and O–H groups in total. The number of amides is 1. The highest BCUT2D eigenvalue weighted by atomic mass is 16.3. The third-order valence-electron chi connectivity index (χ3n) is 9.67. The quantitative estimate of drug-likeness (QED) is 0.247. The molecular formula is C36H47NO9. The number of phenols is 1. The molecule has 4 rings (SSSR count). The van der Waals surface area contributed by atoms with Gasteiger partial charge >= 0.3 is 0 Å². The lowest BCUT2D eigenvalue weighted by molar-refractivity contribution is -0.116. The Bertz CT molecular complexity index is 1550. The molecule has 2 heterocycles. The van der Waals surface area contributed by atoms with Gasteiger partial charge in [-0.05, 0) is 44.9 Å². The molecule has 1 aromatic rings. The van der Waals surface area contributed by atoms with Crippen molar-refractivity contribution in [1.29, 1.82) is 0 Å². The molecule has 1 aliphatic carbocycles. The first-order chi connectivity index (χ1) is 21.3. The summed E-state index contributed by atoms with van der Waals surface area (Å²) in [5, 5.41) is 57.9. The van der Waals surface area contributed by atoms with Gasteiger partial charge in [-0.15, -0.1) is 0 Å². The number of nitrogens with one attached hydrogen (secondary N) is 1. The number of aliphatic hydroxyl groups excluding tert-OH is 4. The number of aliphatic hydroxyl groups is 4. The Labute approximate surface area is 270 Å². The molecule has 0 fully saturated rings. The summed E-state index contributed by atoms with van der Waals surface area (Å²) >= 11 is 0. The summed E-state index contributed by atoms with van der Waals surface area (Å²) in [6.07, 6.45) is 1.71. The van der Waals surface area contributed by atoms with E-state index in [0.29, 0.717) is 0 Å². The zero-order valence-electron chi connectivity index (χ0n) is 28.0. The van der Waals surface area contributed by atoms with Crippen LogP contribution in [-0.4, -0.2) is 73.2 Å². The maximum atomic E-state index is 13.8. The number of Topliss-reactive ketones (excluding diaryl/α,β-unsaturated/α-hetero) is 3. The molecule has 10 heteroatoms. The summed E-state index contributed by atoms with van der Waals surface area (Å²) in [5.74, 6) is -6.53. The third-order valence-corrected chi connectivity index (χ3v) is 9.67. The van der Waals surface area contributed by atoms with Crippen LogP contribution < -0.4 is 5.32 Å². The van der Waals surface area contributed by atoms with Crippen molar-refractivity contribution in [2.24, 2.45) is 29.6 Å². The second-order valence-electron chi connectivity index (χ2n) is 13.1. The summed E-state index contributed by atoms with van der Waals surface area (Å²) in [5.41, 5.74) is -0.621. The number of aryl methyl sites for hydroxylation is 1. The average Bonchev–Trinajstić information content (AvgIpc) is 3.02. The van der Waals surface area contributed by atoms with Crippen LogP contribution in [0.5, 0.6) is 5.75 Å². The topological polar surface area (TPSA) is 181 Å². The molecule has 0 saturated heterocycles. The molecule has 0 saturated carbocycles. The van der Waals surface area contributed by atoms with Gasteiger partial charge < -0.3 is 30.8 Å². The fraction of sp³-hybridized carbons (Fsp3) is 0.500. The van der Waals surface area contributed by atoms with Crippen molar-refractivity contribution >= 4 is 23.3 Å². The van der Waals surface area contributed by atoms with Gasteiger partial charge in [0.05, 0.1) is 35.7 Å². The number of hydrogen-bond acceptors (Lipinski definition) is 9. The van der Waals surface area contributed by atoms with Gasteiger partial charge in [0.25, 0.3) is 5.91 Å². The molecule has 10 nitrogen and oxygen atoms in total. The Morgan fingerprint density at radius 3 is 1.74 bits per heavy atom. The summed E-state index contributed by atoms with van der Waals surface area (Å²) in [6, 6.07) is 1.31. The fourth-order valence-electron chi connectivity index (χ4n) is 6.26. The number of fused-ring (bicyclic) bond motifs is 15. The van der Waals surface area contributed by atoms with E-state index in [9.17, 15) is 44.7 Å². The number of benzene rings is 1. The Morgan fingerprint density at radius 1 is 0.652 bits per heavy atom. The number of ketones is 3. The predicted molar refractivity (Wildman–Crippen MR) is 173 cm³/mol. The Kier molecular flexibility index (Phi) is 11.5. The molecule has 0 radical (unpaired) electrons. The van der Waals surface area contributed by atoms with E-state index in [1.54, 1.807) is 46.8 Å². The molecular weight excluding hydrogens is 590 g/mol. The SMILES string of the molecule is CC1=C2NC(=O)/C(C)=C/C=C\[C@@H](C)[C@H](O)[C@@H](C)[C@@H](O)[C@@H](C)[C@H](O)[C@H](C)[C@H](O)[C@H](C)/C=C(\C)C(=O)c3c(O)c(C)cc(c3C1=O)C2=O. The Balaban J connectivity index is 2.20. The molecule has 250 valence electrons.